The van der Waals surface area contributed by atoms with Gasteiger partial charge in [-0.25, -0.2) is 0 Å². The van der Waals surface area contributed by atoms with E-state index in [-0.39, 0.29) is 0 Å². The van der Waals surface area contributed by atoms with Gasteiger partial charge in [0.05, 0.1) is 6.07 Å². The van der Waals surface area contributed by atoms with E-state index in [1.54, 1.807) is 6.07 Å². The molecule has 1 aliphatic carbocycles. The number of carboxylic acids is 1. The summed E-state index contributed by atoms with van der Waals surface area (Å²) in [4.78, 5) is 10.1. The lowest BCUT2D eigenvalue weighted by Crippen LogP contribution is -2.11. The van der Waals surface area contributed by atoms with Crippen LogP contribution in [0.4, 0.5) is 0 Å². The molecule has 1 rings (SSSR count). The van der Waals surface area contributed by atoms with Gasteiger partial charge in [0.1, 0.15) is 0 Å². The molecule has 0 radical (unpaired) electrons. The van der Waals surface area contributed by atoms with Crippen molar-refractivity contribution in [3.63, 3.8) is 0 Å². The molecule has 1 fully saturated rings. The lowest BCUT2D eigenvalue weighted by atomic mass is 10.1. The van der Waals surface area contributed by atoms with Gasteiger partial charge < -0.3 is 5.11 Å². The van der Waals surface area contributed by atoms with Gasteiger partial charge in [0.25, 0.3) is 0 Å². The number of carbonyl (C=O) groups is 1. The molecule has 0 aromatic carbocycles. The Morgan fingerprint density at radius 2 is 2.00 bits per heavy atom. The summed E-state index contributed by atoms with van der Waals surface area (Å²) in [6.45, 7) is 4.00. The van der Waals surface area contributed by atoms with Crippen molar-refractivity contribution in [2.45, 2.75) is 26.7 Å². The third-order valence-electron chi connectivity index (χ3n) is 1.37. The minimum Gasteiger partial charge on any atom is -0.480 e. The third kappa shape index (κ3) is 1.47. The molecule has 10 heavy (non-hydrogen) atoms. The van der Waals surface area contributed by atoms with Crippen LogP contribution in [0, 0.1) is 16.7 Å². The number of hydrogen-bond acceptors (Lipinski definition) is 2. The Balaban J connectivity index is 0.000000371. The fraction of sp³-hybridized carbons (Fsp3) is 0.714. The van der Waals surface area contributed by atoms with Gasteiger partial charge >= 0.3 is 5.97 Å². The first-order chi connectivity index (χ1) is 4.71. The lowest BCUT2D eigenvalue weighted by Gasteiger charge is -1.91. The highest BCUT2D eigenvalue weighted by Gasteiger charge is 2.51. The van der Waals surface area contributed by atoms with E-state index in [1.807, 2.05) is 13.8 Å². The average molecular weight is 141 g/mol. The predicted molar refractivity (Wildman–Crippen MR) is 36.3 cm³/mol. The molecule has 0 bridgehead atoms. The molecule has 0 amide bonds. The van der Waals surface area contributed by atoms with Crippen molar-refractivity contribution < 1.29 is 9.90 Å². The standard InChI is InChI=1S/C5H5NO2.C2H6/c6-3-5(1-2-5)4(7)8;1-2/h1-2H2,(H,7,8);1-2H3. The van der Waals surface area contributed by atoms with Crippen molar-refractivity contribution in [2.24, 2.45) is 5.41 Å². The summed E-state index contributed by atoms with van der Waals surface area (Å²) >= 11 is 0. The van der Waals surface area contributed by atoms with Crippen LogP contribution < -0.4 is 0 Å². The minimum atomic E-state index is -0.986. The van der Waals surface area contributed by atoms with Crippen molar-refractivity contribution in [3.8, 4) is 6.07 Å². The molecule has 1 aliphatic rings. The second-order valence-electron chi connectivity index (χ2n) is 2.00. The van der Waals surface area contributed by atoms with Crippen molar-refractivity contribution in [3.05, 3.63) is 0 Å². The van der Waals surface area contributed by atoms with Crippen molar-refractivity contribution in [2.75, 3.05) is 0 Å². The average Bonchev–Trinajstić information content (AvgIpc) is 2.71. The molecule has 0 heterocycles. The molecule has 0 aromatic heterocycles. The fourth-order valence-electron chi connectivity index (χ4n) is 0.498. The summed E-state index contributed by atoms with van der Waals surface area (Å²) in [6, 6.07) is 1.75. The maximum Gasteiger partial charge on any atom is 0.324 e. The molecule has 0 aromatic rings. The zero-order chi connectivity index (χ0) is 8.20. The summed E-state index contributed by atoms with van der Waals surface area (Å²) < 4.78 is 0. The Hall–Kier alpha value is -1.04. The van der Waals surface area contributed by atoms with Gasteiger partial charge in [-0.2, -0.15) is 5.26 Å². The molecule has 3 heteroatoms. The van der Waals surface area contributed by atoms with E-state index < -0.39 is 11.4 Å². The number of hydrogen-bond donors (Lipinski definition) is 1. The van der Waals surface area contributed by atoms with Crippen molar-refractivity contribution in [1.29, 1.82) is 5.26 Å². The fourth-order valence-corrected chi connectivity index (χ4v) is 0.498. The van der Waals surface area contributed by atoms with Gasteiger partial charge in [0, 0.05) is 0 Å². The first-order valence-electron chi connectivity index (χ1n) is 3.36. The van der Waals surface area contributed by atoms with Crippen LogP contribution in [0.25, 0.3) is 0 Å². The summed E-state index contributed by atoms with van der Waals surface area (Å²) in [5.41, 5.74) is -0.986. The highest BCUT2D eigenvalue weighted by molar-refractivity contribution is 5.81. The Morgan fingerprint density at radius 1 is 1.60 bits per heavy atom. The van der Waals surface area contributed by atoms with Crippen LogP contribution in [0.15, 0.2) is 0 Å². The van der Waals surface area contributed by atoms with Crippen LogP contribution in [0.5, 0.6) is 0 Å². The van der Waals surface area contributed by atoms with Crippen LogP contribution >= 0.6 is 0 Å². The molecule has 0 saturated heterocycles. The first-order valence-corrected chi connectivity index (χ1v) is 3.36. The number of nitriles is 1. The topological polar surface area (TPSA) is 61.1 Å². The Labute approximate surface area is 60.3 Å². The number of carboxylic acid groups (broad SMARTS) is 1. The van der Waals surface area contributed by atoms with E-state index in [0.717, 1.165) is 0 Å². The Kier molecular flexibility index (Phi) is 2.88. The van der Waals surface area contributed by atoms with E-state index >= 15 is 0 Å². The van der Waals surface area contributed by atoms with Crippen LogP contribution in [0.2, 0.25) is 0 Å². The largest absolute Gasteiger partial charge is 0.480 e. The van der Waals surface area contributed by atoms with Gasteiger partial charge in [-0.05, 0) is 12.8 Å². The first kappa shape index (κ1) is 8.96. The second-order valence-corrected chi connectivity index (χ2v) is 2.00. The summed E-state index contributed by atoms with van der Waals surface area (Å²) in [7, 11) is 0. The molecule has 3 nitrogen and oxygen atoms in total. The van der Waals surface area contributed by atoms with Crippen molar-refractivity contribution >= 4 is 5.97 Å². The zero-order valence-corrected chi connectivity index (χ0v) is 6.22. The molecule has 0 unspecified atom stereocenters. The number of aliphatic carboxylic acids is 1. The number of rotatable bonds is 1. The minimum absolute atomic E-state index is 0.527. The third-order valence-corrected chi connectivity index (χ3v) is 1.37. The normalized spacial score (nSPS) is 17.7. The molecule has 0 atom stereocenters. The predicted octanol–water partition coefficient (Wildman–Crippen LogP) is 1.40. The van der Waals surface area contributed by atoms with Gasteiger partial charge in [-0.15, -0.1) is 0 Å². The van der Waals surface area contributed by atoms with E-state index in [4.69, 9.17) is 10.4 Å². The molecule has 0 aliphatic heterocycles. The zero-order valence-electron chi connectivity index (χ0n) is 6.22. The smallest absolute Gasteiger partial charge is 0.324 e. The maximum atomic E-state index is 10.1. The summed E-state index contributed by atoms with van der Waals surface area (Å²) in [6.07, 6.45) is 1.05. The Morgan fingerprint density at radius 3 is 2.00 bits per heavy atom. The SMILES string of the molecule is CC.N#CC1(C(=O)O)CC1. The van der Waals surface area contributed by atoms with Gasteiger partial charge in [-0.1, -0.05) is 13.8 Å². The monoisotopic (exact) mass is 141 g/mol. The van der Waals surface area contributed by atoms with Crippen molar-refractivity contribution in [1.82, 2.24) is 0 Å². The van der Waals surface area contributed by atoms with Gasteiger partial charge in [0.15, 0.2) is 5.41 Å². The van der Waals surface area contributed by atoms with E-state index in [2.05, 4.69) is 0 Å². The van der Waals surface area contributed by atoms with E-state index in [0.29, 0.717) is 12.8 Å². The summed E-state index contributed by atoms with van der Waals surface area (Å²) in [5.74, 6) is -0.972. The molecule has 0 spiro atoms. The molecular weight excluding hydrogens is 130 g/mol. The van der Waals surface area contributed by atoms with Crippen LogP contribution in [0.1, 0.15) is 26.7 Å². The quantitative estimate of drug-likeness (QED) is 0.600. The number of nitrogens with zero attached hydrogens (tertiary/aromatic N) is 1. The van der Waals surface area contributed by atoms with E-state index in [9.17, 15) is 4.79 Å². The lowest BCUT2D eigenvalue weighted by molar-refractivity contribution is -0.141. The van der Waals surface area contributed by atoms with Gasteiger partial charge in [-0.3, -0.25) is 4.79 Å². The van der Waals surface area contributed by atoms with Crippen LogP contribution in [-0.4, -0.2) is 11.1 Å². The van der Waals surface area contributed by atoms with E-state index in [1.165, 1.54) is 0 Å². The summed E-state index contributed by atoms with van der Waals surface area (Å²) in [5, 5.41) is 16.5. The molecule has 1 saturated carbocycles. The second kappa shape index (κ2) is 3.21. The van der Waals surface area contributed by atoms with Crippen LogP contribution in [-0.2, 0) is 4.79 Å². The highest BCUT2D eigenvalue weighted by Crippen LogP contribution is 2.44. The molecule has 56 valence electrons. The van der Waals surface area contributed by atoms with Crippen LogP contribution in [0.3, 0.4) is 0 Å². The molecular formula is C7H11NO2. The maximum absolute atomic E-state index is 10.1. The van der Waals surface area contributed by atoms with Gasteiger partial charge in [0.2, 0.25) is 0 Å². The highest BCUT2D eigenvalue weighted by atomic mass is 16.4. The Bertz CT molecular complexity index is 165. The molecule has 1 N–H and O–H groups in total.